The fourth-order valence-corrected chi connectivity index (χ4v) is 5.91. The van der Waals surface area contributed by atoms with E-state index in [9.17, 15) is 26.4 Å². The molecule has 0 atom stereocenters. The number of anilines is 2. The normalized spacial score (nSPS) is 13.7. The summed E-state index contributed by atoms with van der Waals surface area (Å²) in [6.45, 7) is 2.46. The summed E-state index contributed by atoms with van der Waals surface area (Å²) < 4.78 is 82.2. The molecular formula is C28H28BrF3N2O6S. The van der Waals surface area contributed by atoms with Gasteiger partial charge in [0.1, 0.15) is 5.75 Å². The first-order valence-corrected chi connectivity index (χ1v) is 15.1. The Morgan fingerprint density at radius 1 is 1.07 bits per heavy atom. The Bertz CT molecular complexity index is 1540. The number of nitrogens with one attached hydrogen (secondary N) is 1. The van der Waals surface area contributed by atoms with Crippen LogP contribution in [-0.4, -0.2) is 54.2 Å². The number of ether oxygens (including phenoxy) is 3. The lowest BCUT2D eigenvalue weighted by molar-refractivity contribution is -0.137. The maximum atomic E-state index is 13.5. The van der Waals surface area contributed by atoms with Crippen molar-refractivity contribution in [3.63, 3.8) is 0 Å². The largest absolute Gasteiger partial charge is 0.465 e. The van der Waals surface area contributed by atoms with Crippen molar-refractivity contribution >= 4 is 43.2 Å². The molecule has 0 radical (unpaired) electrons. The Kier molecular flexibility index (Phi) is 9.32. The van der Waals surface area contributed by atoms with Crippen molar-refractivity contribution < 1.29 is 40.6 Å². The van der Waals surface area contributed by atoms with Crippen molar-refractivity contribution in [2.75, 3.05) is 49.5 Å². The zero-order chi connectivity index (χ0) is 29.9. The zero-order valence-electron chi connectivity index (χ0n) is 22.5. The van der Waals surface area contributed by atoms with E-state index in [0.29, 0.717) is 58.6 Å². The lowest BCUT2D eigenvalue weighted by Gasteiger charge is -2.30. The molecule has 0 aliphatic carbocycles. The Morgan fingerprint density at radius 3 is 2.49 bits per heavy atom. The quantitative estimate of drug-likeness (QED) is 0.212. The fourth-order valence-electron chi connectivity index (χ4n) is 4.56. The molecule has 1 heterocycles. The Morgan fingerprint density at radius 2 is 1.83 bits per heavy atom. The molecule has 3 aromatic carbocycles. The number of methoxy groups -OCH3 is 1. The van der Waals surface area contributed by atoms with E-state index in [-0.39, 0.29) is 24.1 Å². The van der Waals surface area contributed by atoms with E-state index in [0.717, 1.165) is 24.0 Å². The first-order valence-electron chi connectivity index (χ1n) is 12.4. The summed E-state index contributed by atoms with van der Waals surface area (Å²) in [6, 6.07) is 12.1. The predicted octanol–water partition coefficient (Wildman–Crippen LogP) is 6.02. The number of sulfonamides is 1. The van der Waals surface area contributed by atoms with Gasteiger partial charge in [-0.05, 0) is 72.0 Å². The molecule has 1 amide bonds. The molecule has 13 heteroatoms. The van der Waals surface area contributed by atoms with Gasteiger partial charge in [-0.2, -0.15) is 13.2 Å². The predicted molar refractivity (Wildman–Crippen MR) is 153 cm³/mol. The van der Waals surface area contributed by atoms with Gasteiger partial charge in [-0.15, -0.1) is 0 Å². The minimum atomic E-state index is -4.46. The third-order valence-corrected chi connectivity index (χ3v) is 7.60. The molecule has 0 unspecified atom stereocenters. The molecular weight excluding hydrogens is 629 g/mol. The molecule has 220 valence electrons. The highest BCUT2D eigenvalue weighted by molar-refractivity contribution is 9.10. The maximum absolute atomic E-state index is 13.5. The molecule has 0 spiro atoms. The van der Waals surface area contributed by atoms with Crippen LogP contribution < -0.4 is 14.4 Å². The van der Waals surface area contributed by atoms with Crippen molar-refractivity contribution in [3.05, 3.63) is 75.3 Å². The smallest absolute Gasteiger partial charge is 0.416 e. The van der Waals surface area contributed by atoms with E-state index in [4.69, 9.17) is 14.2 Å². The van der Waals surface area contributed by atoms with Gasteiger partial charge >= 0.3 is 6.18 Å². The van der Waals surface area contributed by atoms with Crippen molar-refractivity contribution in [1.29, 1.82) is 0 Å². The summed E-state index contributed by atoms with van der Waals surface area (Å²) in [4.78, 5) is 15.0. The van der Waals surface area contributed by atoms with Gasteiger partial charge in [0.15, 0.2) is 6.79 Å². The van der Waals surface area contributed by atoms with Crippen LogP contribution in [0.5, 0.6) is 5.75 Å². The molecule has 0 saturated heterocycles. The number of hydrogen-bond acceptors (Lipinski definition) is 6. The van der Waals surface area contributed by atoms with E-state index in [1.54, 1.807) is 31.2 Å². The average Bonchev–Trinajstić information content (AvgIpc) is 2.88. The topological polar surface area (TPSA) is 94.2 Å². The number of aryl methyl sites for hydroxylation is 1. The molecule has 1 aliphatic heterocycles. The van der Waals surface area contributed by atoms with Crippen LogP contribution in [0.15, 0.2) is 53.0 Å². The first kappa shape index (κ1) is 30.8. The number of halogens is 4. The molecule has 0 bridgehead atoms. The SMILES string of the molecule is COCCOCOc1ccc(N2CCc3cc(-c4c(C)cc(C(F)(F)F)cc4Br)ccc3C2=O)cc1NS(C)(=O)=O. The number of amides is 1. The highest BCUT2D eigenvalue weighted by Crippen LogP contribution is 2.40. The second-order valence-electron chi connectivity index (χ2n) is 9.44. The minimum absolute atomic E-state index is 0.131. The summed E-state index contributed by atoms with van der Waals surface area (Å²) in [7, 11) is -2.12. The fraction of sp³-hybridized carbons (Fsp3) is 0.321. The van der Waals surface area contributed by atoms with Crippen LogP contribution in [0.25, 0.3) is 11.1 Å². The summed E-state index contributed by atoms with van der Waals surface area (Å²) in [5, 5.41) is 0. The van der Waals surface area contributed by atoms with Gasteiger partial charge in [0.2, 0.25) is 10.0 Å². The Balaban J connectivity index is 1.60. The standard InChI is InChI=1S/C28H28BrF3N2O6S/c1-17-12-20(28(30,31)32)14-23(29)26(17)19-4-6-22-18(13-19)8-9-34(27(22)35)21-5-7-25(40-16-39-11-10-38-2)24(15-21)33-41(3,36)37/h4-7,12-15,33H,8-11,16H2,1-3H3. The number of benzene rings is 3. The summed E-state index contributed by atoms with van der Waals surface area (Å²) >= 11 is 3.29. The lowest BCUT2D eigenvalue weighted by Crippen LogP contribution is -2.37. The van der Waals surface area contributed by atoms with E-state index in [1.807, 2.05) is 6.07 Å². The summed E-state index contributed by atoms with van der Waals surface area (Å²) in [6.07, 6.45) is -2.97. The first-order chi connectivity index (χ1) is 19.3. The number of rotatable bonds is 10. The third kappa shape index (κ3) is 7.39. The molecule has 1 N–H and O–H groups in total. The number of carbonyl (C=O) groups is 1. The number of alkyl halides is 3. The van der Waals surface area contributed by atoms with Gasteiger partial charge < -0.3 is 19.1 Å². The zero-order valence-corrected chi connectivity index (χ0v) is 24.9. The third-order valence-electron chi connectivity index (χ3n) is 6.39. The number of nitrogens with zero attached hydrogens (tertiary/aromatic N) is 1. The molecule has 8 nitrogen and oxygen atoms in total. The average molecular weight is 658 g/mol. The molecule has 0 saturated carbocycles. The molecule has 0 aromatic heterocycles. The van der Waals surface area contributed by atoms with E-state index in [1.165, 1.54) is 18.1 Å². The molecule has 0 fully saturated rings. The van der Waals surface area contributed by atoms with E-state index >= 15 is 0 Å². The van der Waals surface area contributed by atoms with Gasteiger partial charge in [-0.3, -0.25) is 9.52 Å². The van der Waals surface area contributed by atoms with Gasteiger partial charge in [0.25, 0.3) is 5.91 Å². The van der Waals surface area contributed by atoms with E-state index in [2.05, 4.69) is 20.7 Å². The second kappa shape index (κ2) is 12.4. The number of fused-ring (bicyclic) bond motifs is 1. The molecule has 4 rings (SSSR count). The summed E-state index contributed by atoms with van der Waals surface area (Å²) in [5.41, 5.74) is 2.84. The Labute approximate surface area is 244 Å². The van der Waals surface area contributed by atoms with Gasteiger partial charge in [0, 0.05) is 29.4 Å². The van der Waals surface area contributed by atoms with E-state index < -0.39 is 21.8 Å². The van der Waals surface area contributed by atoms with Crippen LogP contribution in [0.1, 0.15) is 27.0 Å². The van der Waals surface area contributed by atoms with Crippen LogP contribution in [0.3, 0.4) is 0 Å². The van der Waals surface area contributed by atoms with Gasteiger partial charge in [-0.1, -0.05) is 28.1 Å². The number of hydrogen-bond donors (Lipinski definition) is 1. The van der Waals surface area contributed by atoms with Crippen molar-refractivity contribution in [2.24, 2.45) is 0 Å². The van der Waals surface area contributed by atoms with Crippen LogP contribution in [-0.2, 0) is 32.1 Å². The molecule has 41 heavy (non-hydrogen) atoms. The Hall–Kier alpha value is -3.13. The van der Waals surface area contributed by atoms with Crippen molar-refractivity contribution in [3.8, 4) is 16.9 Å². The van der Waals surface area contributed by atoms with Crippen molar-refractivity contribution in [2.45, 2.75) is 19.5 Å². The van der Waals surface area contributed by atoms with Crippen LogP contribution in [0.4, 0.5) is 24.5 Å². The highest BCUT2D eigenvalue weighted by atomic mass is 79.9. The van der Waals surface area contributed by atoms with Crippen LogP contribution in [0, 0.1) is 6.92 Å². The highest BCUT2D eigenvalue weighted by Gasteiger charge is 2.32. The molecule has 3 aromatic rings. The van der Waals surface area contributed by atoms with Crippen LogP contribution in [0.2, 0.25) is 0 Å². The minimum Gasteiger partial charge on any atom is -0.465 e. The van der Waals surface area contributed by atoms with Gasteiger partial charge in [-0.25, -0.2) is 8.42 Å². The lowest BCUT2D eigenvalue weighted by atomic mass is 9.91. The summed E-state index contributed by atoms with van der Waals surface area (Å²) in [5.74, 6) is -0.0635. The second-order valence-corrected chi connectivity index (χ2v) is 12.0. The van der Waals surface area contributed by atoms with Gasteiger partial charge in [0.05, 0.1) is 30.7 Å². The number of carbonyl (C=O) groups excluding carboxylic acids is 1. The maximum Gasteiger partial charge on any atom is 0.416 e. The molecule has 1 aliphatic rings. The van der Waals surface area contributed by atoms with Crippen LogP contribution >= 0.6 is 15.9 Å². The van der Waals surface area contributed by atoms with Crippen molar-refractivity contribution in [1.82, 2.24) is 0 Å². The monoisotopic (exact) mass is 656 g/mol.